The topological polar surface area (TPSA) is 93.5 Å². The Bertz CT molecular complexity index is 1090. The van der Waals surface area contributed by atoms with Crippen molar-refractivity contribution in [3.05, 3.63) is 36.0 Å². The van der Waals surface area contributed by atoms with Gasteiger partial charge in [0, 0.05) is 24.6 Å². The summed E-state index contributed by atoms with van der Waals surface area (Å²) in [5.74, 6) is 0.603. The number of carbonyl (C=O) groups excluding carboxylic acids is 1. The highest BCUT2D eigenvalue weighted by molar-refractivity contribution is 7.89. The minimum absolute atomic E-state index is 0.149. The highest BCUT2D eigenvalue weighted by Crippen LogP contribution is 2.30. The molecule has 1 saturated heterocycles. The van der Waals surface area contributed by atoms with Crippen LogP contribution in [0.1, 0.15) is 60.1 Å². The summed E-state index contributed by atoms with van der Waals surface area (Å²) in [5, 5.41) is 7.77. The Morgan fingerprint density at radius 1 is 1.12 bits per heavy atom. The molecule has 0 spiro atoms. The molecule has 0 saturated carbocycles. The van der Waals surface area contributed by atoms with Crippen LogP contribution >= 0.6 is 0 Å². The summed E-state index contributed by atoms with van der Waals surface area (Å²) in [4.78, 5) is 13.4. The quantitative estimate of drug-likeness (QED) is 0.704. The minimum atomic E-state index is -3.69. The van der Waals surface area contributed by atoms with Crippen LogP contribution < -0.4 is 10.1 Å². The smallest absolute Gasteiger partial charge is 0.243 e. The van der Waals surface area contributed by atoms with Gasteiger partial charge < -0.3 is 10.1 Å². The molecule has 2 aromatic rings. The lowest BCUT2D eigenvalue weighted by molar-refractivity contribution is -0.120. The fourth-order valence-electron chi connectivity index (χ4n) is 3.85. The van der Waals surface area contributed by atoms with Crippen LogP contribution in [-0.4, -0.2) is 48.6 Å². The van der Waals surface area contributed by atoms with Gasteiger partial charge in [-0.3, -0.25) is 4.79 Å². The Labute approximate surface area is 197 Å². The first kappa shape index (κ1) is 25.2. The summed E-state index contributed by atoms with van der Waals surface area (Å²) in [5.41, 5.74) is 0.409. The average molecular weight is 477 g/mol. The summed E-state index contributed by atoms with van der Waals surface area (Å²) in [6, 6.07) is 8.24. The molecule has 1 aromatic carbocycles. The Kier molecular flexibility index (Phi) is 6.96. The number of carbonyl (C=O) groups is 1. The van der Waals surface area contributed by atoms with Crippen molar-refractivity contribution in [3.8, 4) is 5.75 Å². The first-order valence-corrected chi connectivity index (χ1v) is 12.7. The first-order chi connectivity index (χ1) is 15.2. The largest absolute Gasteiger partial charge is 0.497 e. The van der Waals surface area contributed by atoms with E-state index in [-0.39, 0.29) is 28.3 Å². The number of hydrogen-bond donors (Lipinski definition) is 1. The Morgan fingerprint density at radius 3 is 2.30 bits per heavy atom. The number of aromatic nitrogens is 2. The number of nitrogens with zero attached hydrogens (tertiary/aromatic N) is 3. The van der Waals surface area contributed by atoms with Crippen molar-refractivity contribution < 1.29 is 17.9 Å². The van der Waals surface area contributed by atoms with E-state index in [1.807, 2.05) is 31.5 Å². The molecule has 8 nitrogen and oxygen atoms in total. The van der Waals surface area contributed by atoms with Gasteiger partial charge in [-0.25, -0.2) is 13.1 Å². The van der Waals surface area contributed by atoms with Gasteiger partial charge in [0.05, 0.1) is 29.2 Å². The highest BCUT2D eigenvalue weighted by atomic mass is 32.2. The van der Waals surface area contributed by atoms with Gasteiger partial charge >= 0.3 is 0 Å². The van der Waals surface area contributed by atoms with Crippen molar-refractivity contribution in [1.82, 2.24) is 14.1 Å². The molecular weight excluding hydrogens is 440 g/mol. The number of methoxy groups -OCH3 is 1. The van der Waals surface area contributed by atoms with Gasteiger partial charge in [0.1, 0.15) is 11.6 Å². The second-order valence-corrected chi connectivity index (χ2v) is 12.6. The monoisotopic (exact) mass is 476 g/mol. The van der Waals surface area contributed by atoms with Crippen LogP contribution in [0.25, 0.3) is 0 Å². The van der Waals surface area contributed by atoms with Gasteiger partial charge in [0.15, 0.2) is 0 Å². The molecule has 1 unspecified atom stereocenters. The number of anilines is 1. The molecule has 2 heterocycles. The van der Waals surface area contributed by atoms with E-state index < -0.39 is 15.9 Å². The van der Waals surface area contributed by atoms with Crippen LogP contribution in [0.3, 0.4) is 0 Å². The maximum atomic E-state index is 13.2. The molecule has 182 valence electrons. The molecule has 1 aromatic heterocycles. The molecule has 9 heteroatoms. The van der Waals surface area contributed by atoms with Crippen LogP contribution in [0.4, 0.5) is 5.82 Å². The first-order valence-electron chi connectivity index (χ1n) is 11.3. The summed E-state index contributed by atoms with van der Waals surface area (Å²) in [6.07, 6.45) is 1.26. The molecule has 1 amide bonds. The normalized spacial score (nSPS) is 18.2. The molecule has 0 bridgehead atoms. The van der Waals surface area contributed by atoms with Crippen molar-refractivity contribution in [2.45, 2.75) is 70.2 Å². The predicted molar refractivity (Wildman–Crippen MR) is 129 cm³/mol. The molecule has 1 aliphatic heterocycles. The van der Waals surface area contributed by atoms with Crippen molar-refractivity contribution >= 4 is 21.7 Å². The van der Waals surface area contributed by atoms with E-state index in [2.05, 4.69) is 26.1 Å². The number of rotatable bonds is 5. The lowest BCUT2D eigenvalue weighted by Crippen LogP contribution is -2.44. The molecule has 1 fully saturated rings. The number of ether oxygens (including phenoxy) is 1. The van der Waals surface area contributed by atoms with Crippen LogP contribution in [0.5, 0.6) is 5.75 Å². The van der Waals surface area contributed by atoms with Gasteiger partial charge in [0.2, 0.25) is 15.9 Å². The maximum absolute atomic E-state index is 13.2. The maximum Gasteiger partial charge on any atom is 0.243 e. The van der Waals surface area contributed by atoms with Gasteiger partial charge in [-0.1, -0.05) is 20.8 Å². The van der Waals surface area contributed by atoms with E-state index in [9.17, 15) is 13.2 Å². The number of amides is 1. The summed E-state index contributed by atoms with van der Waals surface area (Å²) in [6.45, 7) is 12.9. The minimum Gasteiger partial charge on any atom is -0.497 e. The van der Waals surface area contributed by atoms with Crippen LogP contribution in [0.15, 0.2) is 35.2 Å². The SMILES string of the molecule is COc1ccc(S(=O)(=O)N2CCCC(C(=O)Nc3cc(C(C)(C)C)nn3C(C)(C)C)C2)cc1. The molecular formula is C24H36N4O4S. The van der Waals surface area contributed by atoms with Gasteiger partial charge in [0.25, 0.3) is 0 Å². The van der Waals surface area contributed by atoms with Gasteiger partial charge in [-0.15, -0.1) is 0 Å². The number of sulfonamides is 1. The van der Waals surface area contributed by atoms with E-state index in [1.54, 1.807) is 12.1 Å². The number of hydrogen-bond acceptors (Lipinski definition) is 5. The van der Waals surface area contributed by atoms with E-state index in [1.165, 1.54) is 23.5 Å². The van der Waals surface area contributed by atoms with Gasteiger partial charge in [-0.05, 0) is 57.9 Å². The number of benzene rings is 1. The second-order valence-electron chi connectivity index (χ2n) is 10.6. The van der Waals surface area contributed by atoms with Crippen molar-refractivity contribution in [2.75, 3.05) is 25.5 Å². The zero-order chi connectivity index (χ0) is 24.6. The van der Waals surface area contributed by atoms with Crippen LogP contribution in [-0.2, 0) is 25.8 Å². The van der Waals surface area contributed by atoms with Crippen molar-refractivity contribution in [3.63, 3.8) is 0 Å². The summed E-state index contributed by atoms with van der Waals surface area (Å²) < 4.78 is 34.7. The standard InChI is InChI=1S/C24H36N4O4S/c1-23(2,3)20-15-21(28(26-20)24(4,5)6)25-22(29)17-9-8-14-27(16-17)33(30,31)19-12-10-18(32-7)11-13-19/h10-13,15,17H,8-9,14,16H2,1-7H3,(H,25,29). The molecule has 1 aliphatic rings. The zero-order valence-electron chi connectivity index (χ0n) is 20.7. The average Bonchev–Trinajstić information content (AvgIpc) is 3.19. The van der Waals surface area contributed by atoms with E-state index in [4.69, 9.17) is 9.84 Å². The van der Waals surface area contributed by atoms with Crippen molar-refractivity contribution in [1.29, 1.82) is 0 Å². The third-order valence-electron chi connectivity index (χ3n) is 5.82. The third-order valence-corrected chi connectivity index (χ3v) is 7.70. The lowest BCUT2D eigenvalue weighted by atomic mass is 9.92. The number of piperidine rings is 1. The summed E-state index contributed by atoms with van der Waals surface area (Å²) in [7, 11) is -2.16. The molecule has 0 aliphatic carbocycles. The fraction of sp³-hybridized carbons (Fsp3) is 0.583. The Morgan fingerprint density at radius 2 is 1.76 bits per heavy atom. The lowest BCUT2D eigenvalue weighted by Gasteiger charge is -2.31. The van der Waals surface area contributed by atoms with Crippen LogP contribution in [0.2, 0.25) is 0 Å². The van der Waals surface area contributed by atoms with Crippen molar-refractivity contribution in [2.24, 2.45) is 5.92 Å². The van der Waals surface area contributed by atoms with E-state index in [0.717, 1.165) is 5.69 Å². The third kappa shape index (κ3) is 5.58. The predicted octanol–water partition coefficient (Wildman–Crippen LogP) is 3.98. The Hall–Kier alpha value is -2.39. The molecule has 33 heavy (non-hydrogen) atoms. The second kappa shape index (κ2) is 9.10. The number of nitrogens with one attached hydrogen (secondary N) is 1. The van der Waals surface area contributed by atoms with Gasteiger partial charge in [-0.2, -0.15) is 9.40 Å². The summed E-state index contributed by atoms with van der Waals surface area (Å²) >= 11 is 0. The zero-order valence-corrected chi connectivity index (χ0v) is 21.5. The fourth-order valence-corrected chi connectivity index (χ4v) is 5.37. The highest BCUT2D eigenvalue weighted by Gasteiger charge is 2.34. The van der Waals surface area contributed by atoms with E-state index >= 15 is 0 Å². The van der Waals surface area contributed by atoms with E-state index in [0.29, 0.717) is 31.0 Å². The molecule has 1 atom stereocenters. The molecule has 0 radical (unpaired) electrons. The van der Waals surface area contributed by atoms with Crippen LogP contribution in [0, 0.1) is 5.92 Å². The Balaban J connectivity index is 1.79. The molecule has 1 N–H and O–H groups in total. The molecule has 3 rings (SSSR count).